The van der Waals surface area contributed by atoms with Gasteiger partial charge in [-0.15, -0.1) is 0 Å². The molecule has 0 spiro atoms. The zero-order valence-electron chi connectivity index (χ0n) is 4.99. The smallest absolute Gasteiger partial charge is 0.0402 e. The maximum Gasteiger partial charge on any atom is 0.0402 e. The molecule has 0 N–H and O–H groups in total. The second kappa shape index (κ2) is 2.97. The molecule has 0 bridgehead atoms. The predicted molar refractivity (Wildman–Crippen MR) is 35.9 cm³/mol. The minimum atomic E-state index is 0.390. The van der Waals surface area contributed by atoms with Gasteiger partial charge in [0.25, 0.3) is 0 Å². The molecular formula is C7H7N2-. The van der Waals surface area contributed by atoms with Crippen LogP contribution in [0, 0.1) is 0 Å². The number of hydrogen-bond acceptors (Lipinski definition) is 1. The molecule has 0 unspecified atom stereocenters. The van der Waals surface area contributed by atoms with Crippen LogP contribution < -0.4 is 0 Å². The zero-order chi connectivity index (χ0) is 6.53. The first-order chi connectivity index (χ1) is 4.43. The van der Waals surface area contributed by atoms with Crippen molar-refractivity contribution >= 4 is 0 Å². The van der Waals surface area contributed by atoms with E-state index in [2.05, 4.69) is 5.11 Å². The summed E-state index contributed by atoms with van der Waals surface area (Å²) in [6.45, 7) is 0.390. The number of hydrogen-bond donors (Lipinski definition) is 0. The lowest BCUT2D eigenvalue weighted by molar-refractivity contribution is 1.05. The lowest BCUT2D eigenvalue weighted by atomic mass is 10.2. The minimum absolute atomic E-state index is 0.390. The van der Waals surface area contributed by atoms with E-state index in [0.717, 1.165) is 5.56 Å². The van der Waals surface area contributed by atoms with Crippen molar-refractivity contribution in [2.24, 2.45) is 5.11 Å². The van der Waals surface area contributed by atoms with E-state index in [0.29, 0.717) is 6.54 Å². The van der Waals surface area contributed by atoms with Gasteiger partial charge in [0.05, 0.1) is 0 Å². The van der Waals surface area contributed by atoms with Crippen LogP contribution in [0.4, 0.5) is 0 Å². The van der Waals surface area contributed by atoms with Gasteiger partial charge in [-0.25, -0.2) is 0 Å². The number of nitrogens with zero attached hydrogens (tertiary/aromatic N) is 2. The maximum absolute atomic E-state index is 8.14. The van der Waals surface area contributed by atoms with Crippen molar-refractivity contribution in [1.82, 2.24) is 0 Å². The van der Waals surface area contributed by atoms with E-state index in [1.165, 1.54) is 0 Å². The average Bonchev–Trinajstić information content (AvgIpc) is 1.91. The molecule has 46 valence electrons. The average molecular weight is 119 g/mol. The first-order valence-corrected chi connectivity index (χ1v) is 2.78. The molecule has 0 aromatic heterocycles. The first-order valence-electron chi connectivity index (χ1n) is 2.78. The molecule has 0 saturated carbocycles. The summed E-state index contributed by atoms with van der Waals surface area (Å²) >= 11 is 0. The minimum Gasteiger partial charge on any atom is -0.712 e. The van der Waals surface area contributed by atoms with Gasteiger partial charge < -0.3 is 10.6 Å². The summed E-state index contributed by atoms with van der Waals surface area (Å²) < 4.78 is 0. The third kappa shape index (κ3) is 1.64. The van der Waals surface area contributed by atoms with E-state index in [9.17, 15) is 0 Å². The summed E-state index contributed by atoms with van der Waals surface area (Å²) in [5.41, 5.74) is 9.17. The van der Waals surface area contributed by atoms with Crippen molar-refractivity contribution in [3.63, 3.8) is 0 Å². The lowest BCUT2D eigenvalue weighted by Crippen LogP contribution is -1.75. The van der Waals surface area contributed by atoms with Crippen molar-refractivity contribution < 1.29 is 0 Å². The monoisotopic (exact) mass is 119 g/mol. The molecule has 9 heavy (non-hydrogen) atoms. The third-order valence-corrected chi connectivity index (χ3v) is 1.10. The molecule has 0 aliphatic carbocycles. The van der Waals surface area contributed by atoms with Crippen LogP contribution in [0.1, 0.15) is 5.56 Å². The highest BCUT2D eigenvalue weighted by Crippen LogP contribution is 1.98. The number of rotatable bonds is 2. The van der Waals surface area contributed by atoms with Gasteiger partial charge in [-0.1, -0.05) is 30.3 Å². The number of benzene rings is 1. The SMILES string of the molecule is [N-]=NCc1ccccc1. The van der Waals surface area contributed by atoms with Gasteiger partial charge in [-0.05, 0) is 5.56 Å². The quantitative estimate of drug-likeness (QED) is 0.535. The molecule has 2 nitrogen and oxygen atoms in total. The maximum atomic E-state index is 8.14. The second-order valence-electron chi connectivity index (χ2n) is 1.79. The Morgan fingerprint density at radius 2 is 1.89 bits per heavy atom. The molecule has 0 heterocycles. The Bertz CT molecular complexity index is 181. The summed E-state index contributed by atoms with van der Waals surface area (Å²) in [4.78, 5) is 0. The normalized spacial score (nSPS) is 8.89. The highest BCUT2D eigenvalue weighted by Gasteiger charge is 1.81. The van der Waals surface area contributed by atoms with E-state index < -0.39 is 0 Å². The van der Waals surface area contributed by atoms with Crippen molar-refractivity contribution in [3.8, 4) is 0 Å². The van der Waals surface area contributed by atoms with Gasteiger partial charge in [0.2, 0.25) is 0 Å². The fourth-order valence-electron chi connectivity index (χ4n) is 0.665. The molecule has 0 saturated heterocycles. The van der Waals surface area contributed by atoms with Crippen molar-refractivity contribution in [2.45, 2.75) is 6.54 Å². The van der Waals surface area contributed by atoms with Crippen LogP contribution in [0.25, 0.3) is 5.53 Å². The molecule has 0 atom stereocenters. The topological polar surface area (TPSA) is 34.7 Å². The molecule has 1 rings (SSSR count). The zero-order valence-corrected chi connectivity index (χ0v) is 4.99. The predicted octanol–water partition coefficient (Wildman–Crippen LogP) is 2.21. The Hall–Kier alpha value is -1.18. The first kappa shape index (κ1) is 5.95. The van der Waals surface area contributed by atoms with Gasteiger partial charge in [0.15, 0.2) is 0 Å². The Morgan fingerprint density at radius 1 is 1.22 bits per heavy atom. The van der Waals surface area contributed by atoms with Gasteiger partial charge in [0.1, 0.15) is 0 Å². The van der Waals surface area contributed by atoms with Crippen LogP contribution in [-0.2, 0) is 6.54 Å². The van der Waals surface area contributed by atoms with Gasteiger partial charge in [-0.2, -0.15) is 0 Å². The second-order valence-corrected chi connectivity index (χ2v) is 1.79. The Labute approximate surface area is 54.0 Å². The molecule has 0 aliphatic heterocycles. The highest BCUT2D eigenvalue weighted by molar-refractivity contribution is 5.14. The van der Waals surface area contributed by atoms with Gasteiger partial charge in [-0.3, -0.25) is 0 Å². The van der Waals surface area contributed by atoms with Crippen LogP contribution in [0.2, 0.25) is 0 Å². The molecule has 0 aliphatic rings. The Kier molecular flexibility index (Phi) is 1.96. The van der Waals surface area contributed by atoms with E-state index in [4.69, 9.17) is 5.53 Å². The summed E-state index contributed by atoms with van der Waals surface area (Å²) in [5, 5.41) is 3.01. The van der Waals surface area contributed by atoms with Gasteiger partial charge in [0, 0.05) is 6.54 Å². The molecular weight excluding hydrogens is 112 g/mol. The lowest BCUT2D eigenvalue weighted by Gasteiger charge is -1.95. The van der Waals surface area contributed by atoms with Crippen LogP contribution >= 0.6 is 0 Å². The van der Waals surface area contributed by atoms with Crippen LogP contribution in [0.15, 0.2) is 35.4 Å². The Morgan fingerprint density at radius 3 is 2.44 bits per heavy atom. The third-order valence-electron chi connectivity index (χ3n) is 1.10. The molecule has 1 aromatic carbocycles. The standard InChI is InChI=1S/C7H7N2/c8-9-6-7-4-2-1-3-5-7/h1-5H,6H2/q-1. The molecule has 1 aromatic rings. The van der Waals surface area contributed by atoms with E-state index in [1.807, 2.05) is 30.3 Å². The van der Waals surface area contributed by atoms with Crippen molar-refractivity contribution in [2.75, 3.05) is 0 Å². The Balaban J connectivity index is 2.72. The fraction of sp³-hybridized carbons (Fsp3) is 0.143. The fourth-order valence-corrected chi connectivity index (χ4v) is 0.665. The molecule has 0 amide bonds. The molecule has 0 fully saturated rings. The van der Waals surface area contributed by atoms with E-state index in [1.54, 1.807) is 0 Å². The summed E-state index contributed by atoms with van der Waals surface area (Å²) in [5.74, 6) is 0. The van der Waals surface area contributed by atoms with Crippen molar-refractivity contribution in [1.29, 1.82) is 0 Å². The largest absolute Gasteiger partial charge is 0.712 e. The van der Waals surface area contributed by atoms with Crippen molar-refractivity contribution in [3.05, 3.63) is 41.4 Å². The molecule has 0 radical (unpaired) electrons. The molecule has 2 heteroatoms. The summed E-state index contributed by atoms with van der Waals surface area (Å²) in [6.07, 6.45) is 0. The van der Waals surface area contributed by atoms with Crippen LogP contribution in [-0.4, -0.2) is 0 Å². The van der Waals surface area contributed by atoms with E-state index >= 15 is 0 Å². The summed E-state index contributed by atoms with van der Waals surface area (Å²) in [7, 11) is 0. The summed E-state index contributed by atoms with van der Waals surface area (Å²) in [6, 6.07) is 9.60. The van der Waals surface area contributed by atoms with Gasteiger partial charge >= 0.3 is 0 Å². The van der Waals surface area contributed by atoms with Crippen LogP contribution in [0.5, 0.6) is 0 Å². The van der Waals surface area contributed by atoms with Crippen LogP contribution in [0.3, 0.4) is 0 Å². The van der Waals surface area contributed by atoms with E-state index in [-0.39, 0.29) is 0 Å². The highest BCUT2D eigenvalue weighted by atomic mass is 14.9.